The van der Waals surface area contributed by atoms with Gasteiger partial charge in [-0.05, 0) is 13.3 Å². The first kappa shape index (κ1) is 10.3. The summed E-state index contributed by atoms with van der Waals surface area (Å²) < 4.78 is 22.4. The van der Waals surface area contributed by atoms with Gasteiger partial charge >= 0.3 is 0 Å². The largest absolute Gasteiger partial charge is 0.362 e. The van der Waals surface area contributed by atoms with Crippen LogP contribution in [0.2, 0.25) is 0 Å². The van der Waals surface area contributed by atoms with Crippen LogP contribution in [0.4, 0.5) is 0 Å². The minimum atomic E-state index is -2.79. The summed E-state index contributed by atoms with van der Waals surface area (Å²) in [6.45, 7) is 2.10. The first-order valence-corrected chi connectivity index (χ1v) is 7.53. The number of nitrogens with zero attached hydrogens (tertiary/aromatic N) is 1. The second-order valence-corrected chi connectivity index (χ2v) is 7.08. The molecular formula is C8H14N2O2S2. The van der Waals surface area contributed by atoms with Crippen LogP contribution < -0.4 is 5.32 Å². The van der Waals surface area contributed by atoms with Gasteiger partial charge in [-0.2, -0.15) is 0 Å². The first-order valence-electron chi connectivity index (χ1n) is 4.73. The molecule has 2 unspecified atom stereocenters. The molecule has 2 aliphatic rings. The summed E-state index contributed by atoms with van der Waals surface area (Å²) in [5, 5.41) is 4.14. The van der Waals surface area contributed by atoms with Crippen LogP contribution in [-0.2, 0) is 9.84 Å². The third-order valence-corrected chi connectivity index (χ3v) is 5.26. The molecule has 80 valence electrons. The zero-order chi connectivity index (χ0) is 10.2. The lowest BCUT2D eigenvalue weighted by atomic mass is 10.3. The maximum Gasteiger partial charge on any atom is 0.157 e. The summed E-state index contributed by atoms with van der Waals surface area (Å²) in [7, 11) is -2.79. The van der Waals surface area contributed by atoms with Gasteiger partial charge in [0.1, 0.15) is 0 Å². The van der Waals surface area contributed by atoms with E-state index in [-0.39, 0.29) is 11.8 Å². The average molecular weight is 234 g/mol. The van der Waals surface area contributed by atoms with Crippen molar-refractivity contribution in [2.75, 3.05) is 17.3 Å². The second kappa shape index (κ2) is 3.73. The fourth-order valence-corrected chi connectivity index (χ4v) is 4.24. The highest BCUT2D eigenvalue weighted by atomic mass is 32.2. The Morgan fingerprint density at radius 1 is 1.57 bits per heavy atom. The van der Waals surface area contributed by atoms with Crippen LogP contribution in [0, 0.1) is 0 Å². The van der Waals surface area contributed by atoms with E-state index in [4.69, 9.17) is 0 Å². The van der Waals surface area contributed by atoms with Crippen LogP contribution in [0.5, 0.6) is 0 Å². The van der Waals surface area contributed by atoms with E-state index in [0.717, 1.165) is 10.9 Å². The predicted molar refractivity (Wildman–Crippen MR) is 59.5 cm³/mol. The normalized spacial score (nSPS) is 38.8. The van der Waals surface area contributed by atoms with Crippen molar-refractivity contribution in [3.63, 3.8) is 0 Å². The maximum absolute atomic E-state index is 11.2. The molecule has 4 nitrogen and oxygen atoms in total. The summed E-state index contributed by atoms with van der Waals surface area (Å²) in [4.78, 5) is 4.41. The van der Waals surface area contributed by atoms with Crippen LogP contribution in [0.25, 0.3) is 0 Å². The topological polar surface area (TPSA) is 58.5 Å². The number of nitrogens with one attached hydrogen (secondary N) is 1. The van der Waals surface area contributed by atoms with Gasteiger partial charge < -0.3 is 5.32 Å². The van der Waals surface area contributed by atoms with Gasteiger partial charge in [0.15, 0.2) is 15.0 Å². The van der Waals surface area contributed by atoms with Gasteiger partial charge in [0, 0.05) is 11.8 Å². The summed E-state index contributed by atoms with van der Waals surface area (Å²) in [6.07, 6.45) is 0.683. The molecule has 0 amide bonds. The van der Waals surface area contributed by atoms with Crippen molar-refractivity contribution in [3.8, 4) is 0 Å². The van der Waals surface area contributed by atoms with E-state index in [9.17, 15) is 8.42 Å². The monoisotopic (exact) mass is 234 g/mol. The first-order chi connectivity index (χ1) is 6.55. The number of aliphatic imine (C=N–C) groups is 1. The number of hydrogen-bond donors (Lipinski definition) is 1. The predicted octanol–water partition coefficient (Wildman–Crippen LogP) is 0.254. The van der Waals surface area contributed by atoms with Crippen LogP contribution in [0.15, 0.2) is 4.99 Å². The Kier molecular flexibility index (Phi) is 2.74. The quantitative estimate of drug-likeness (QED) is 0.707. The molecule has 0 saturated carbocycles. The van der Waals surface area contributed by atoms with Crippen molar-refractivity contribution in [2.45, 2.75) is 25.4 Å². The van der Waals surface area contributed by atoms with E-state index in [1.807, 2.05) is 0 Å². The molecule has 0 bridgehead atoms. The third kappa shape index (κ3) is 2.42. The lowest BCUT2D eigenvalue weighted by Gasteiger charge is -2.04. The zero-order valence-electron chi connectivity index (χ0n) is 8.06. The lowest BCUT2D eigenvalue weighted by Crippen LogP contribution is -2.24. The molecule has 2 atom stereocenters. The number of amidine groups is 1. The molecule has 2 fully saturated rings. The average Bonchev–Trinajstić information content (AvgIpc) is 2.59. The SMILES string of the molecule is CC1CSC(=NC2CCS(=O)(=O)C2)N1. The molecule has 0 aromatic carbocycles. The van der Waals surface area contributed by atoms with E-state index >= 15 is 0 Å². The lowest BCUT2D eigenvalue weighted by molar-refractivity contribution is 0.601. The van der Waals surface area contributed by atoms with Crippen LogP contribution in [0.1, 0.15) is 13.3 Å². The van der Waals surface area contributed by atoms with E-state index in [0.29, 0.717) is 18.2 Å². The maximum atomic E-state index is 11.2. The molecule has 2 heterocycles. The minimum Gasteiger partial charge on any atom is -0.362 e. The Morgan fingerprint density at radius 3 is 2.86 bits per heavy atom. The summed E-state index contributed by atoms with van der Waals surface area (Å²) in [6, 6.07) is 0.442. The number of rotatable bonds is 1. The molecule has 0 spiro atoms. The molecule has 2 rings (SSSR count). The van der Waals surface area contributed by atoms with Crippen molar-refractivity contribution >= 4 is 26.8 Å². The van der Waals surface area contributed by atoms with Crippen LogP contribution >= 0.6 is 11.8 Å². The Bertz CT molecular complexity index is 350. The summed E-state index contributed by atoms with van der Waals surface area (Å²) >= 11 is 1.68. The van der Waals surface area contributed by atoms with Gasteiger partial charge in [-0.3, -0.25) is 4.99 Å². The van der Waals surface area contributed by atoms with Crippen molar-refractivity contribution in [3.05, 3.63) is 0 Å². The Balaban J connectivity index is 1.99. The van der Waals surface area contributed by atoms with E-state index in [1.54, 1.807) is 11.8 Å². The Morgan fingerprint density at radius 2 is 2.36 bits per heavy atom. The van der Waals surface area contributed by atoms with E-state index in [2.05, 4.69) is 17.2 Å². The standard InChI is InChI=1S/C8H14N2O2S2/c1-6-4-13-8(9-6)10-7-2-3-14(11,12)5-7/h6-7H,2-5H2,1H3,(H,9,10). The Labute approximate surface area is 88.5 Å². The van der Waals surface area contributed by atoms with Crippen molar-refractivity contribution in [1.82, 2.24) is 5.32 Å². The van der Waals surface area contributed by atoms with Crippen LogP contribution in [-0.4, -0.2) is 42.9 Å². The van der Waals surface area contributed by atoms with Gasteiger partial charge in [0.25, 0.3) is 0 Å². The van der Waals surface area contributed by atoms with Crippen molar-refractivity contribution in [1.29, 1.82) is 0 Å². The number of hydrogen-bond acceptors (Lipinski definition) is 4. The van der Waals surface area contributed by atoms with E-state index in [1.165, 1.54) is 0 Å². The molecular weight excluding hydrogens is 220 g/mol. The molecule has 0 radical (unpaired) electrons. The van der Waals surface area contributed by atoms with Gasteiger partial charge in [0.2, 0.25) is 0 Å². The molecule has 2 aliphatic heterocycles. The van der Waals surface area contributed by atoms with Gasteiger partial charge in [-0.25, -0.2) is 8.42 Å². The molecule has 0 aliphatic carbocycles. The fourth-order valence-electron chi connectivity index (χ4n) is 1.62. The summed E-state index contributed by atoms with van der Waals surface area (Å²) in [5.74, 6) is 1.56. The molecule has 1 N–H and O–H groups in total. The molecule has 14 heavy (non-hydrogen) atoms. The number of sulfone groups is 1. The highest BCUT2D eigenvalue weighted by molar-refractivity contribution is 8.14. The second-order valence-electron chi connectivity index (χ2n) is 3.85. The zero-order valence-corrected chi connectivity index (χ0v) is 9.70. The third-order valence-electron chi connectivity index (χ3n) is 2.35. The molecule has 0 aromatic heterocycles. The highest BCUT2D eigenvalue weighted by Crippen LogP contribution is 2.19. The number of thioether (sulfide) groups is 1. The highest BCUT2D eigenvalue weighted by Gasteiger charge is 2.28. The Hall–Kier alpha value is -0.230. The smallest absolute Gasteiger partial charge is 0.157 e. The van der Waals surface area contributed by atoms with Crippen LogP contribution in [0.3, 0.4) is 0 Å². The molecule has 6 heteroatoms. The molecule has 0 aromatic rings. The minimum absolute atomic E-state index is 0.0136. The van der Waals surface area contributed by atoms with Gasteiger partial charge in [-0.1, -0.05) is 11.8 Å². The summed E-state index contributed by atoms with van der Waals surface area (Å²) in [5.41, 5.74) is 0. The van der Waals surface area contributed by atoms with Crippen molar-refractivity contribution < 1.29 is 8.42 Å². The van der Waals surface area contributed by atoms with Gasteiger partial charge in [0.05, 0.1) is 17.5 Å². The molecule has 2 saturated heterocycles. The van der Waals surface area contributed by atoms with Gasteiger partial charge in [-0.15, -0.1) is 0 Å². The van der Waals surface area contributed by atoms with Crippen molar-refractivity contribution in [2.24, 2.45) is 4.99 Å². The van der Waals surface area contributed by atoms with E-state index < -0.39 is 9.84 Å². The fraction of sp³-hybridized carbons (Fsp3) is 0.875.